The van der Waals surface area contributed by atoms with Crippen LogP contribution in [0.5, 0.6) is 0 Å². The molecule has 0 bridgehead atoms. The van der Waals surface area contributed by atoms with Crippen molar-refractivity contribution in [3.63, 3.8) is 0 Å². The van der Waals surface area contributed by atoms with Crippen LogP contribution in [0.15, 0.2) is 49.2 Å². The van der Waals surface area contributed by atoms with E-state index in [9.17, 15) is 9.18 Å². The van der Waals surface area contributed by atoms with Crippen LogP contribution in [0.4, 0.5) is 10.1 Å². The zero-order valence-corrected chi connectivity index (χ0v) is 19.2. The molecule has 0 atom stereocenters. The minimum absolute atomic E-state index is 0.0919. The van der Waals surface area contributed by atoms with E-state index in [1.54, 1.807) is 30.9 Å². The molecule has 4 aromatic rings. The van der Waals surface area contributed by atoms with E-state index in [0.29, 0.717) is 31.2 Å². The molecule has 4 heterocycles. The largest absolute Gasteiger partial charge is 0.377 e. The molecule has 1 saturated heterocycles. The van der Waals surface area contributed by atoms with Gasteiger partial charge in [-0.1, -0.05) is 6.07 Å². The van der Waals surface area contributed by atoms with Gasteiger partial charge in [0.1, 0.15) is 23.7 Å². The molecule has 178 valence electrons. The number of nitrogens with zero attached hydrogens (tertiary/aromatic N) is 6. The number of amides is 1. The first-order valence-corrected chi connectivity index (χ1v) is 11.6. The molecule has 9 nitrogen and oxygen atoms in total. The van der Waals surface area contributed by atoms with Gasteiger partial charge in [0.05, 0.1) is 49.1 Å². The van der Waals surface area contributed by atoms with Crippen molar-refractivity contribution in [2.75, 3.05) is 18.5 Å². The fourth-order valence-electron chi connectivity index (χ4n) is 4.23. The molecular weight excluding hydrogens is 449 g/mol. The molecule has 1 aliphatic heterocycles. The van der Waals surface area contributed by atoms with E-state index in [1.165, 1.54) is 6.07 Å². The van der Waals surface area contributed by atoms with E-state index in [-0.39, 0.29) is 17.4 Å². The summed E-state index contributed by atoms with van der Waals surface area (Å²) >= 11 is 0. The molecule has 1 amide bonds. The summed E-state index contributed by atoms with van der Waals surface area (Å²) in [6, 6.07) is 8.46. The zero-order chi connectivity index (χ0) is 23.9. The second kappa shape index (κ2) is 8.70. The van der Waals surface area contributed by atoms with Crippen molar-refractivity contribution in [3.05, 3.63) is 83.5 Å². The van der Waals surface area contributed by atoms with Crippen LogP contribution in [-0.4, -0.2) is 48.4 Å². The third-order valence-corrected chi connectivity index (χ3v) is 6.45. The first kappa shape index (κ1) is 21.6. The Morgan fingerprint density at radius 3 is 2.86 bits per heavy atom. The Hall–Kier alpha value is -3.92. The summed E-state index contributed by atoms with van der Waals surface area (Å²) < 4.78 is 23.9. The number of hydrogen-bond acceptors (Lipinski definition) is 6. The van der Waals surface area contributed by atoms with Crippen molar-refractivity contribution in [1.82, 2.24) is 29.3 Å². The third-order valence-electron chi connectivity index (χ3n) is 6.45. The fourth-order valence-corrected chi connectivity index (χ4v) is 4.23. The molecule has 1 aromatic carbocycles. The van der Waals surface area contributed by atoms with Gasteiger partial charge < -0.3 is 19.2 Å². The Balaban J connectivity index is 1.21. The summed E-state index contributed by atoms with van der Waals surface area (Å²) in [5.41, 5.74) is 3.52. The number of aromatic nitrogens is 6. The van der Waals surface area contributed by atoms with Gasteiger partial charge in [0.25, 0.3) is 5.91 Å². The minimum atomic E-state index is -0.505. The molecule has 3 aromatic heterocycles. The molecule has 0 radical (unpaired) electrons. The lowest BCUT2D eigenvalue weighted by atomic mass is 10.1. The Bertz CT molecular complexity index is 1400. The molecule has 6 rings (SSSR count). The number of carbonyl (C=O) groups excluding carboxylic acids is 1. The lowest BCUT2D eigenvalue weighted by molar-refractivity contribution is -0.0245. The molecule has 1 saturated carbocycles. The lowest BCUT2D eigenvalue weighted by Crippen LogP contribution is -2.31. The number of pyridine rings is 1. The Labute approximate surface area is 201 Å². The van der Waals surface area contributed by atoms with Crippen molar-refractivity contribution in [3.8, 4) is 5.69 Å². The van der Waals surface area contributed by atoms with Gasteiger partial charge >= 0.3 is 0 Å². The topological polar surface area (TPSA) is 99.8 Å². The number of halogens is 1. The predicted molar refractivity (Wildman–Crippen MR) is 125 cm³/mol. The Morgan fingerprint density at radius 1 is 1.23 bits per heavy atom. The van der Waals surface area contributed by atoms with Gasteiger partial charge in [-0.15, -0.1) is 10.2 Å². The summed E-state index contributed by atoms with van der Waals surface area (Å²) in [5.74, 6) is 0.279. The highest BCUT2D eigenvalue weighted by atomic mass is 19.1. The second-order valence-corrected chi connectivity index (χ2v) is 9.09. The standard InChI is InChI=1S/C25H24FN7O2/c1-15-7-19(26)21(9-23(15)32-10-22(27-13-32)16-5-6-16)30-25(34)20-4-2-3-17(29-20)8-24-31-28-14-33(24)18-11-35-12-18/h2-4,7,9-10,13-14,16,18H,5-6,8,11-12H2,1H3,(H,30,34). The van der Waals surface area contributed by atoms with E-state index in [1.807, 2.05) is 28.3 Å². The number of ether oxygens (including phenoxy) is 1. The molecule has 2 fully saturated rings. The second-order valence-electron chi connectivity index (χ2n) is 9.09. The van der Waals surface area contributed by atoms with E-state index in [0.717, 1.165) is 35.6 Å². The molecule has 2 aliphatic rings. The number of rotatable bonds is 7. The van der Waals surface area contributed by atoms with Gasteiger partial charge in [0.15, 0.2) is 0 Å². The van der Waals surface area contributed by atoms with Crippen LogP contribution in [0, 0.1) is 12.7 Å². The average molecular weight is 474 g/mol. The predicted octanol–water partition coefficient (Wildman–Crippen LogP) is 3.60. The van der Waals surface area contributed by atoms with Gasteiger partial charge in [-0.3, -0.25) is 4.79 Å². The SMILES string of the molecule is Cc1cc(F)c(NC(=O)c2cccc(Cc3nncn3C3COC3)n2)cc1-n1cnc(C2CC2)c1. The highest BCUT2D eigenvalue weighted by Gasteiger charge is 2.26. The van der Waals surface area contributed by atoms with E-state index in [4.69, 9.17) is 4.74 Å². The number of imidazole rings is 1. The summed E-state index contributed by atoms with van der Waals surface area (Å²) in [6.07, 6.45) is 8.12. The minimum Gasteiger partial charge on any atom is -0.377 e. The number of benzene rings is 1. The molecule has 1 N–H and O–H groups in total. The molecular formula is C25H24FN7O2. The van der Waals surface area contributed by atoms with E-state index >= 15 is 0 Å². The maximum Gasteiger partial charge on any atom is 0.274 e. The van der Waals surface area contributed by atoms with Gasteiger partial charge in [-0.2, -0.15) is 0 Å². The first-order valence-electron chi connectivity index (χ1n) is 11.6. The van der Waals surface area contributed by atoms with Crippen LogP contribution < -0.4 is 5.32 Å². The summed E-state index contributed by atoms with van der Waals surface area (Å²) in [5, 5.41) is 10.9. The quantitative estimate of drug-likeness (QED) is 0.440. The van der Waals surface area contributed by atoms with Gasteiger partial charge in [0, 0.05) is 17.8 Å². The maximum absolute atomic E-state index is 14.8. The van der Waals surface area contributed by atoms with Crippen molar-refractivity contribution in [2.24, 2.45) is 0 Å². The Kier molecular flexibility index (Phi) is 5.37. The van der Waals surface area contributed by atoms with Crippen LogP contribution in [0.2, 0.25) is 0 Å². The number of nitrogens with one attached hydrogen (secondary N) is 1. The van der Waals surface area contributed by atoms with Crippen LogP contribution in [0.3, 0.4) is 0 Å². The van der Waals surface area contributed by atoms with Crippen molar-refractivity contribution in [2.45, 2.75) is 38.1 Å². The number of carbonyl (C=O) groups is 1. The van der Waals surface area contributed by atoms with Gasteiger partial charge in [-0.05, 0) is 49.6 Å². The van der Waals surface area contributed by atoms with Crippen molar-refractivity contribution < 1.29 is 13.9 Å². The highest BCUT2D eigenvalue weighted by Crippen LogP contribution is 2.39. The van der Waals surface area contributed by atoms with Crippen molar-refractivity contribution >= 4 is 11.6 Å². The third kappa shape index (κ3) is 4.32. The first-order chi connectivity index (χ1) is 17.0. The number of anilines is 1. The highest BCUT2D eigenvalue weighted by molar-refractivity contribution is 6.03. The molecule has 35 heavy (non-hydrogen) atoms. The summed E-state index contributed by atoms with van der Waals surface area (Å²) in [6.45, 7) is 3.10. The van der Waals surface area contributed by atoms with E-state index < -0.39 is 11.7 Å². The molecule has 1 aliphatic carbocycles. The summed E-state index contributed by atoms with van der Waals surface area (Å²) in [7, 11) is 0. The Morgan fingerprint density at radius 2 is 2.09 bits per heavy atom. The monoisotopic (exact) mass is 473 g/mol. The van der Waals surface area contributed by atoms with E-state index in [2.05, 4.69) is 25.5 Å². The van der Waals surface area contributed by atoms with Crippen molar-refractivity contribution in [1.29, 1.82) is 0 Å². The maximum atomic E-state index is 14.8. The molecule has 0 spiro atoms. The van der Waals surface area contributed by atoms with Crippen LogP contribution in [0.25, 0.3) is 5.69 Å². The average Bonchev–Trinajstić information content (AvgIpc) is 3.38. The smallest absolute Gasteiger partial charge is 0.274 e. The number of aryl methyl sites for hydroxylation is 1. The van der Waals surface area contributed by atoms with Crippen LogP contribution >= 0.6 is 0 Å². The lowest BCUT2D eigenvalue weighted by Gasteiger charge is -2.27. The molecule has 10 heteroatoms. The number of hydrogen-bond donors (Lipinski definition) is 1. The van der Waals surface area contributed by atoms with Crippen LogP contribution in [-0.2, 0) is 11.2 Å². The van der Waals surface area contributed by atoms with Gasteiger partial charge in [-0.25, -0.2) is 14.4 Å². The normalized spacial score (nSPS) is 15.7. The summed E-state index contributed by atoms with van der Waals surface area (Å²) in [4.78, 5) is 21.9. The zero-order valence-electron chi connectivity index (χ0n) is 19.2. The molecule has 0 unspecified atom stereocenters. The van der Waals surface area contributed by atoms with Gasteiger partial charge in [0.2, 0.25) is 0 Å². The fraction of sp³-hybridized carbons (Fsp3) is 0.320. The van der Waals surface area contributed by atoms with Crippen LogP contribution in [0.1, 0.15) is 58.1 Å².